The number of ether oxygens (including phenoxy) is 2. The summed E-state index contributed by atoms with van der Waals surface area (Å²) >= 11 is 5.91. The van der Waals surface area contributed by atoms with Gasteiger partial charge in [0, 0.05) is 22.5 Å². The fraction of sp³-hybridized carbons (Fsp3) is 0.111. The molecule has 0 atom stereocenters. The summed E-state index contributed by atoms with van der Waals surface area (Å²) in [5, 5.41) is 7.85. The Bertz CT molecular complexity index is 951. The van der Waals surface area contributed by atoms with Crippen molar-refractivity contribution in [2.45, 2.75) is 6.92 Å². The lowest BCUT2D eigenvalue weighted by Crippen LogP contribution is -2.13. The van der Waals surface area contributed by atoms with Gasteiger partial charge in [-0.1, -0.05) is 11.6 Å². The summed E-state index contributed by atoms with van der Waals surface area (Å²) in [5.41, 5.74) is 2.63. The first-order valence-electron chi connectivity index (χ1n) is 7.64. The van der Waals surface area contributed by atoms with E-state index in [1.165, 1.54) is 0 Å². The van der Waals surface area contributed by atoms with Crippen LogP contribution >= 0.6 is 11.6 Å². The predicted octanol–water partition coefficient (Wildman–Crippen LogP) is 3.82. The fourth-order valence-electron chi connectivity index (χ4n) is 2.60. The molecule has 3 aromatic rings. The van der Waals surface area contributed by atoms with Crippen LogP contribution in [0, 0.1) is 6.92 Å². The Kier molecular flexibility index (Phi) is 3.82. The predicted molar refractivity (Wildman–Crippen MR) is 93.8 cm³/mol. The van der Waals surface area contributed by atoms with Crippen LogP contribution in [-0.4, -0.2) is 22.5 Å². The van der Waals surface area contributed by atoms with Gasteiger partial charge in [0.05, 0.1) is 5.69 Å². The van der Waals surface area contributed by atoms with Crippen molar-refractivity contribution < 1.29 is 14.3 Å². The van der Waals surface area contributed by atoms with Crippen molar-refractivity contribution in [1.82, 2.24) is 9.78 Å². The minimum absolute atomic E-state index is 0.192. The molecule has 0 saturated heterocycles. The van der Waals surface area contributed by atoms with Crippen LogP contribution < -0.4 is 14.8 Å². The summed E-state index contributed by atoms with van der Waals surface area (Å²) in [6.45, 7) is 2.08. The van der Waals surface area contributed by atoms with E-state index in [1.54, 1.807) is 41.1 Å². The van der Waals surface area contributed by atoms with Crippen LogP contribution in [0.1, 0.15) is 16.2 Å². The molecular formula is C18H14ClN3O3. The van der Waals surface area contributed by atoms with Crippen molar-refractivity contribution in [2.24, 2.45) is 0 Å². The van der Waals surface area contributed by atoms with E-state index in [1.807, 2.05) is 19.1 Å². The maximum atomic E-state index is 12.5. The number of rotatable bonds is 3. The molecule has 126 valence electrons. The molecule has 1 aliphatic heterocycles. The van der Waals surface area contributed by atoms with Crippen molar-refractivity contribution >= 4 is 23.2 Å². The first-order chi connectivity index (χ1) is 12.1. The molecule has 0 spiro atoms. The van der Waals surface area contributed by atoms with Crippen LogP contribution in [0.5, 0.6) is 11.5 Å². The SMILES string of the molecule is Cc1cc(C(=O)Nc2ccc3c(c2)OCO3)nn1-c1ccc(Cl)cc1. The standard InChI is InChI=1S/C18H14ClN3O3/c1-11-8-15(21-22(11)14-5-2-12(19)3-6-14)18(23)20-13-4-7-16-17(9-13)25-10-24-16/h2-9H,10H2,1H3,(H,20,23). The number of benzene rings is 2. The van der Waals surface area contributed by atoms with Crippen molar-refractivity contribution in [3.63, 3.8) is 0 Å². The van der Waals surface area contributed by atoms with E-state index in [-0.39, 0.29) is 12.7 Å². The second-order valence-corrected chi connectivity index (χ2v) is 6.02. The second kappa shape index (κ2) is 6.14. The van der Waals surface area contributed by atoms with Crippen LogP contribution in [0.25, 0.3) is 5.69 Å². The lowest BCUT2D eigenvalue weighted by Gasteiger charge is -2.05. The molecule has 1 N–H and O–H groups in total. The summed E-state index contributed by atoms with van der Waals surface area (Å²) < 4.78 is 12.3. The van der Waals surface area contributed by atoms with Gasteiger partial charge in [0.2, 0.25) is 6.79 Å². The number of halogens is 1. The number of hydrogen-bond acceptors (Lipinski definition) is 4. The van der Waals surface area contributed by atoms with Gasteiger partial charge in [-0.3, -0.25) is 4.79 Å². The first-order valence-corrected chi connectivity index (χ1v) is 8.01. The van der Waals surface area contributed by atoms with Crippen LogP contribution in [0.4, 0.5) is 5.69 Å². The topological polar surface area (TPSA) is 65.4 Å². The Morgan fingerprint density at radius 3 is 2.68 bits per heavy atom. The van der Waals surface area contributed by atoms with E-state index in [9.17, 15) is 4.79 Å². The highest BCUT2D eigenvalue weighted by Gasteiger charge is 2.17. The first kappa shape index (κ1) is 15.5. The molecule has 4 rings (SSSR count). The smallest absolute Gasteiger partial charge is 0.276 e. The van der Waals surface area contributed by atoms with Crippen LogP contribution in [0.2, 0.25) is 5.02 Å². The van der Waals surface area contributed by atoms with Gasteiger partial charge in [-0.15, -0.1) is 0 Å². The number of nitrogens with one attached hydrogen (secondary N) is 1. The van der Waals surface area contributed by atoms with Crippen LogP contribution in [0.3, 0.4) is 0 Å². The van der Waals surface area contributed by atoms with Crippen molar-refractivity contribution in [3.8, 4) is 17.2 Å². The van der Waals surface area contributed by atoms with E-state index < -0.39 is 0 Å². The third-order valence-electron chi connectivity index (χ3n) is 3.82. The molecule has 25 heavy (non-hydrogen) atoms. The van der Waals surface area contributed by atoms with E-state index in [4.69, 9.17) is 21.1 Å². The average Bonchev–Trinajstić information content (AvgIpc) is 3.22. The Labute approximate surface area is 148 Å². The van der Waals surface area contributed by atoms with Crippen molar-refractivity contribution in [1.29, 1.82) is 0 Å². The maximum absolute atomic E-state index is 12.5. The average molecular weight is 356 g/mol. The number of nitrogens with zero attached hydrogens (tertiary/aromatic N) is 2. The van der Waals surface area contributed by atoms with E-state index >= 15 is 0 Å². The van der Waals surface area contributed by atoms with Gasteiger partial charge in [0.15, 0.2) is 17.2 Å². The summed E-state index contributed by atoms with van der Waals surface area (Å²) in [6, 6.07) is 14.2. The van der Waals surface area contributed by atoms with E-state index in [0.29, 0.717) is 27.9 Å². The molecule has 2 aromatic carbocycles. The largest absolute Gasteiger partial charge is 0.454 e. The maximum Gasteiger partial charge on any atom is 0.276 e. The number of anilines is 1. The lowest BCUT2D eigenvalue weighted by atomic mass is 10.2. The van der Waals surface area contributed by atoms with Gasteiger partial charge >= 0.3 is 0 Å². The number of hydrogen-bond donors (Lipinski definition) is 1. The fourth-order valence-corrected chi connectivity index (χ4v) is 2.72. The molecule has 2 heterocycles. The molecule has 0 bridgehead atoms. The Hall–Kier alpha value is -2.99. The summed E-state index contributed by atoms with van der Waals surface area (Å²) in [6.07, 6.45) is 0. The zero-order valence-corrected chi connectivity index (χ0v) is 14.1. The number of fused-ring (bicyclic) bond motifs is 1. The highest BCUT2D eigenvalue weighted by molar-refractivity contribution is 6.30. The number of carbonyl (C=O) groups is 1. The number of aromatic nitrogens is 2. The molecule has 0 unspecified atom stereocenters. The molecule has 1 aromatic heterocycles. The summed E-state index contributed by atoms with van der Waals surface area (Å²) in [5.74, 6) is 0.983. The minimum atomic E-state index is -0.297. The van der Waals surface area contributed by atoms with Gasteiger partial charge < -0.3 is 14.8 Å². The zero-order chi connectivity index (χ0) is 17.4. The molecule has 0 aliphatic carbocycles. The quantitative estimate of drug-likeness (QED) is 0.775. The number of amides is 1. The van der Waals surface area contributed by atoms with Crippen LogP contribution in [-0.2, 0) is 0 Å². The highest BCUT2D eigenvalue weighted by atomic mass is 35.5. The summed E-state index contributed by atoms with van der Waals surface area (Å²) in [4.78, 5) is 12.5. The van der Waals surface area contributed by atoms with Crippen molar-refractivity contribution in [2.75, 3.05) is 12.1 Å². The second-order valence-electron chi connectivity index (χ2n) is 5.58. The normalized spacial score (nSPS) is 12.2. The van der Waals surface area contributed by atoms with Crippen molar-refractivity contribution in [3.05, 3.63) is 64.9 Å². The molecule has 0 saturated carbocycles. The summed E-state index contributed by atoms with van der Waals surface area (Å²) in [7, 11) is 0. The van der Waals surface area contributed by atoms with Gasteiger partial charge in [0.1, 0.15) is 0 Å². The van der Waals surface area contributed by atoms with Crippen LogP contribution in [0.15, 0.2) is 48.5 Å². The Morgan fingerprint density at radius 2 is 1.88 bits per heavy atom. The molecule has 0 radical (unpaired) electrons. The lowest BCUT2D eigenvalue weighted by molar-refractivity contribution is 0.102. The molecular weight excluding hydrogens is 342 g/mol. The third-order valence-corrected chi connectivity index (χ3v) is 4.07. The molecule has 7 heteroatoms. The monoisotopic (exact) mass is 355 g/mol. The number of aryl methyl sites for hydroxylation is 1. The minimum Gasteiger partial charge on any atom is -0.454 e. The number of carbonyl (C=O) groups excluding carboxylic acids is 1. The van der Waals surface area contributed by atoms with Gasteiger partial charge in [-0.25, -0.2) is 4.68 Å². The Balaban J connectivity index is 1.56. The highest BCUT2D eigenvalue weighted by Crippen LogP contribution is 2.34. The van der Waals surface area contributed by atoms with Gasteiger partial charge in [-0.2, -0.15) is 5.10 Å². The van der Waals surface area contributed by atoms with E-state index in [2.05, 4.69) is 10.4 Å². The molecule has 0 fully saturated rings. The third kappa shape index (κ3) is 3.04. The molecule has 1 amide bonds. The van der Waals surface area contributed by atoms with Gasteiger partial charge in [0.25, 0.3) is 5.91 Å². The van der Waals surface area contributed by atoms with Gasteiger partial charge in [-0.05, 0) is 49.4 Å². The molecule has 1 aliphatic rings. The molecule has 6 nitrogen and oxygen atoms in total. The zero-order valence-electron chi connectivity index (χ0n) is 13.3. The van der Waals surface area contributed by atoms with E-state index in [0.717, 1.165) is 11.4 Å². The Morgan fingerprint density at radius 1 is 1.12 bits per heavy atom.